The van der Waals surface area contributed by atoms with Crippen LogP contribution in [0.25, 0.3) is 0 Å². The summed E-state index contributed by atoms with van der Waals surface area (Å²) in [4.78, 5) is 18.0. The SMILES string of the molecule is Cc1ccsc1CN1CCC2(CC1)Cc1c(c(C(=O)N(C)C)nn1C)CO2. The fourth-order valence-corrected chi connectivity index (χ4v) is 5.10. The third-order valence-electron chi connectivity index (χ3n) is 6.00. The Kier molecular flexibility index (Phi) is 4.86. The van der Waals surface area contributed by atoms with E-state index in [0.29, 0.717) is 12.3 Å². The van der Waals surface area contributed by atoms with Crippen LogP contribution >= 0.6 is 11.3 Å². The van der Waals surface area contributed by atoms with Gasteiger partial charge in [-0.05, 0) is 36.8 Å². The Bertz CT molecular complexity index is 846. The summed E-state index contributed by atoms with van der Waals surface area (Å²) in [7, 11) is 5.47. The fourth-order valence-electron chi connectivity index (χ4n) is 4.15. The maximum absolute atomic E-state index is 12.4. The number of thiophene rings is 1. The molecule has 0 unspecified atom stereocenters. The van der Waals surface area contributed by atoms with Gasteiger partial charge in [0, 0.05) is 63.3 Å². The zero-order valence-electron chi connectivity index (χ0n) is 16.6. The monoisotopic (exact) mass is 388 g/mol. The average Bonchev–Trinajstić information content (AvgIpc) is 3.20. The van der Waals surface area contributed by atoms with E-state index < -0.39 is 0 Å². The van der Waals surface area contributed by atoms with Crippen molar-refractivity contribution in [1.29, 1.82) is 0 Å². The van der Waals surface area contributed by atoms with Crippen LogP contribution < -0.4 is 0 Å². The van der Waals surface area contributed by atoms with Gasteiger partial charge in [0.25, 0.3) is 5.91 Å². The Morgan fingerprint density at radius 3 is 2.74 bits per heavy atom. The molecule has 4 heterocycles. The molecule has 2 aliphatic rings. The Balaban J connectivity index is 1.46. The second-order valence-electron chi connectivity index (χ2n) is 8.05. The van der Waals surface area contributed by atoms with E-state index >= 15 is 0 Å². The summed E-state index contributed by atoms with van der Waals surface area (Å²) < 4.78 is 8.26. The van der Waals surface area contributed by atoms with Crippen molar-refractivity contribution in [3.05, 3.63) is 38.8 Å². The number of hydrogen-bond acceptors (Lipinski definition) is 5. The third kappa shape index (κ3) is 3.44. The molecule has 0 aromatic carbocycles. The van der Waals surface area contributed by atoms with Gasteiger partial charge in [-0.15, -0.1) is 11.3 Å². The van der Waals surface area contributed by atoms with E-state index in [1.165, 1.54) is 10.4 Å². The molecule has 1 saturated heterocycles. The first-order valence-corrected chi connectivity index (χ1v) is 10.4. The summed E-state index contributed by atoms with van der Waals surface area (Å²) in [5.41, 5.74) is 3.96. The van der Waals surface area contributed by atoms with Gasteiger partial charge in [0.05, 0.1) is 12.2 Å². The van der Waals surface area contributed by atoms with Gasteiger partial charge in [-0.1, -0.05) is 0 Å². The second-order valence-corrected chi connectivity index (χ2v) is 9.05. The number of nitrogens with zero attached hydrogens (tertiary/aromatic N) is 4. The van der Waals surface area contributed by atoms with Crippen LogP contribution in [-0.4, -0.2) is 58.3 Å². The van der Waals surface area contributed by atoms with E-state index in [4.69, 9.17) is 4.74 Å². The fraction of sp³-hybridized carbons (Fsp3) is 0.600. The van der Waals surface area contributed by atoms with Gasteiger partial charge in [0.1, 0.15) is 0 Å². The van der Waals surface area contributed by atoms with Crippen LogP contribution in [0.1, 0.15) is 45.0 Å². The first kappa shape index (κ1) is 18.7. The molecular formula is C20H28N4O2S. The number of aromatic nitrogens is 2. The highest BCUT2D eigenvalue weighted by atomic mass is 32.1. The third-order valence-corrected chi connectivity index (χ3v) is 7.01. The first-order chi connectivity index (χ1) is 12.9. The van der Waals surface area contributed by atoms with Crippen molar-refractivity contribution in [2.75, 3.05) is 27.2 Å². The van der Waals surface area contributed by atoms with Crippen LogP contribution in [-0.2, 0) is 31.4 Å². The summed E-state index contributed by atoms with van der Waals surface area (Å²) in [6.45, 7) is 5.82. The zero-order valence-corrected chi connectivity index (χ0v) is 17.4. The molecule has 7 heteroatoms. The Labute approximate surface area is 164 Å². The lowest BCUT2D eigenvalue weighted by Crippen LogP contribution is -2.49. The van der Waals surface area contributed by atoms with E-state index in [1.54, 1.807) is 19.0 Å². The highest BCUT2D eigenvalue weighted by Crippen LogP contribution is 2.37. The Morgan fingerprint density at radius 2 is 2.11 bits per heavy atom. The second kappa shape index (κ2) is 7.04. The Hall–Kier alpha value is -1.70. The van der Waals surface area contributed by atoms with Gasteiger partial charge in [0.2, 0.25) is 0 Å². The molecule has 4 rings (SSSR count). The number of rotatable bonds is 3. The lowest BCUT2D eigenvalue weighted by molar-refractivity contribution is -0.104. The average molecular weight is 389 g/mol. The van der Waals surface area contributed by atoms with Crippen molar-refractivity contribution in [1.82, 2.24) is 19.6 Å². The summed E-state index contributed by atoms with van der Waals surface area (Å²) in [5, 5.41) is 6.68. The molecule has 146 valence electrons. The number of piperidine rings is 1. The predicted octanol–water partition coefficient (Wildman–Crippen LogP) is 2.60. The van der Waals surface area contributed by atoms with Crippen LogP contribution in [0.2, 0.25) is 0 Å². The molecule has 0 radical (unpaired) electrons. The van der Waals surface area contributed by atoms with Gasteiger partial charge in [-0.2, -0.15) is 5.10 Å². The maximum atomic E-state index is 12.4. The van der Waals surface area contributed by atoms with Gasteiger partial charge in [-0.3, -0.25) is 14.4 Å². The van der Waals surface area contributed by atoms with Crippen LogP contribution in [0, 0.1) is 6.92 Å². The molecule has 1 amide bonds. The van der Waals surface area contributed by atoms with Crippen molar-refractivity contribution in [2.24, 2.45) is 7.05 Å². The zero-order chi connectivity index (χ0) is 19.2. The molecule has 2 aromatic rings. The minimum atomic E-state index is -0.111. The number of likely N-dealkylation sites (tertiary alicyclic amines) is 1. The molecule has 0 aliphatic carbocycles. The Morgan fingerprint density at radius 1 is 1.37 bits per heavy atom. The molecule has 27 heavy (non-hydrogen) atoms. The molecule has 2 aromatic heterocycles. The van der Waals surface area contributed by atoms with E-state index in [9.17, 15) is 4.79 Å². The van der Waals surface area contributed by atoms with Crippen LogP contribution in [0.15, 0.2) is 11.4 Å². The van der Waals surface area contributed by atoms with Crippen LogP contribution in [0.5, 0.6) is 0 Å². The molecule has 6 nitrogen and oxygen atoms in total. The van der Waals surface area contributed by atoms with Gasteiger partial charge < -0.3 is 9.64 Å². The highest BCUT2D eigenvalue weighted by Gasteiger charge is 2.41. The molecule has 0 atom stereocenters. The minimum Gasteiger partial charge on any atom is -0.370 e. The van der Waals surface area contributed by atoms with Gasteiger partial charge in [-0.25, -0.2) is 0 Å². The number of amides is 1. The number of carbonyl (C=O) groups is 1. The largest absolute Gasteiger partial charge is 0.370 e. The van der Waals surface area contributed by atoms with E-state index in [0.717, 1.165) is 50.2 Å². The van der Waals surface area contributed by atoms with E-state index in [2.05, 4.69) is 28.4 Å². The van der Waals surface area contributed by atoms with Crippen molar-refractivity contribution in [3.8, 4) is 0 Å². The quantitative estimate of drug-likeness (QED) is 0.811. The molecule has 1 spiro atoms. The predicted molar refractivity (Wildman–Crippen MR) is 106 cm³/mol. The lowest BCUT2D eigenvalue weighted by atomic mass is 9.83. The maximum Gasteiger partial charge on any atom is 0.274 e. The molecular weight excluding hydrogens is 360 g/mol. The summed E-state index contributed by atoms with van der Waals surface area (Å²) >= 11 is 1.85. The van der Waals surface area contributed by atoms with Gasteiger partial charge >= 0.3 is 0 Å². The number of carbonyl (C=O) groups excluding carboxylic acids is 1. The minimum absolute atomic E-state index is 0.0486. The molecule has 0 N–H and O–H groups in total. The first-order valence-electron chi connectivity index (χ1n) is 9.54. The lowest BCUT2D eigenvalue weighted by Gasteiger charge is -2.44. The van der Waals surface area contributed by atoms with Crippen molar-refractivity contribution < 1.29 is 9.53 Å². The van der Waals surface area contributed by atoms with E-state index in [1.807, 2.05) is 23.1 Å². The van der Waals surface area contributed by atoms with Crippen LogP contribution in [0.4, 0.5) is 0 Å². The van der Waals surface area contributed by atoms with Crippen molar-refractivity contribution in [2.45, 2.75) is 44.9 Å². The van der Waals surface area contributed by atoms with Crippen molar-refractivity contribution >= 4 is 17.2 Å². The molecule has 0 saturated carbocycles. The van der Waals surface area contributed by atoms with Gasteiger partial charge in [0.15, 0.2) is 5.69 Å². The van der Waals surface area contributed by atoms with Crippen molar-refractivity contribution in [3.63, 3.8) is 0 Å². The molecule has 2 aliphatic heterocycles. The topological polar surface area (TPSA) is 50.6 Å². The summed E-state index contributed by atoms with van der Waals surface area (Å²) in [6, 6.07) is 2.20. The normalized spacial score (nSPS) is 19.3. The summed E-state index contributed by atoms with van der Waals surface area (Å²) in [6.07, 6.45) is 2.90. The standard InChI is InChI=1S/C20H28N4O2S/c1-14-5-10-27-17(14)12-24-8-6-20(7-9-24)11-16-15(13-26-20)18(21-23(16)4)19(25)22(2)3/h5,10H,6-9,11-13H2,1-4H3. The molecule has 1 fully saturated rings. The highest BCUT2D eigenvalue weighted by molar-refractivity contribution is 7.10. The molecule has 0 bridgehead atoms. The van der Waals surface area contributed by atoms with Crippen LogP contribution in [0.3, 0.4) is 0 Å². The summed E-state index contributed by atoms with van der Waals surface area (Å²) in [5.74, 6) is -0.0486. The number of aryl methyl sites for hydroxylation is 2. The van der Waals surface area contributed by atoms with E-state index in [-0.39, 0.29) is 11.5 Å². The number of fused-ring (bicyclic) bond motifs is 1. The number of ether oxygens (including phenoxy) is 1. The number of hydrogen-bond donors (Lipinski definition) is 0. The smallest absolute Gasteiger partial charge is 0.274 e.